The lowest BCUT2D eigenvalue weighted by molar-refractivity contribution is -0.128. The number of amides is 1. The molecule has 6 heteroatoms. The van der Waals surface area contributed by atoms with Gasteiger partial charge in [0.05, 0.1) is 24.3 Å². The number of carbonyl (C=O) groups is 1. The van der Waals surface area contributed by atoms with Gasteiger partial charge in [0.1, 0.15) is 5.69 Å². The molecular formula is C17H25N3O2S. The summed E-state index contributed by atoms with van der Waals surface area (Å²) in [5.41, 5.74) is 2.18. The Hall–Kier alpha value is -0.980. The van der Waals surface area contributed by atoms with E-state index in [1.165, 1.54) is 37.1 Å². The van der Waals surface area contributed by atoms with Crippen LogP contribution >= 0.6 is 11.3 Å². The lowest BCUT2D eigenvalue weighted by Crippen LogP contribution is -2.58. The summed E-state index contributed by atoms with van der Waals surface area (Å²) in [6, 6.07) is 0. The van der Waals surface area contributed by atoms with Crippen molar-refractivity contribution in [3.63, 3.8) is 0 Å². The molecule has 1 amide bonds. The zero-order valence-electron chi connectivity index (χ0n) is 13.6. The molecule has 1 saturated carbocycles. The number of aromatic nitrogens is 1. The van der Waals surface area contributed by atoms with E-state index in [1.54, 1.807) is 5.51 Å². The van der Waals surface area contributed by atoms with E-state index in [9.17, 15) is 4.79 Å². The Kier molecular flexibility index (Phi) is 4.39. The number of nitrogens with zero attached hydrogens (tertiary/aromatic N) is 3. The molecule has 1 aromatic rings. The standard InChI is InChI=1S/C17H25N3O2S/c21-16(15-11-23-13-18-15)20-8-9-22-17(12-20)4-6-19(7-5-17)10-14-2-1-3-14/h11,13-14H,1-10,12H2. The summed E-state index contributed by atoms with van der Waals surface area (Å²) in [5, 5.41) is 1.84. The molecule has 0 unspecified atom stereocenters. The smallest absolute Gasteiger partial charge is 0.273 e. The summed E-state index contributed by atoms with van der Waals surface area (Å²) in [7, 11) is 0. The van der Waals surface area contributed by atoms with Crippen LogP contribution in [-0.2, 0) is 4.74 Å². The quantitative estimate of drug-likeness (QED) is 0.850. The summed E-state index contributed by atoms with van der Waals surface area (Å²) >= 11 is 1.48. The number of thiazole rings is 1. The highest BCUT2D eigenvalue weighted by molar-refractivity contribution is 7.07. The topological polar surface area (TPSA) is 45.7 Å². The van der Waals surface area contributed by atoms with Crippen molar-refractivity contribution in [1.29, 1.82) is 0 Å². The third kappa shape index (κ3) is 3.30. The van der Waals surface area contributed by atoms with Crippen LogP contribution < -0.4 is 0 Å². The second-order valence-corrected chi connectivity index (χ2v) is 7.95. The number of piperidine rings is 1. The van der Waals surface area contributed by atoms with Gasteiger partial charge >= 0.3 is 0 Å². The van der Waals surface area contributed by atoms with Gasteiger partial charge in [-0.05, 0) is 31.6 Å². The van der Waals surface area contributed by atoms with Crippen LogP contribution in [0.4, 0.5) is 0 Å². The van der Waals surface area contributed by atoms with Crippen LogP contribution in [0, 0.1) is 5.92 Å². The molecule has 3 fully saturated rings. The number of morpholine rings is 1. The summed E-state index contributed by atoms with van der Waals surface area (Å²) < 4.78 is 6.16. The van der Waals surface area contributed by atoms with Crippen molar-refractivity contribution in [2.24, 2.45) is 5.92 Å². The van der Waals surface area contributed by atoms with Crippen molar-refractivity contribution in [1.82, 2.24) is 14.8 Å². The molecule has 4 rings (SSSR count). The van der Waals surface area contributed by atoms with Crippen LogP contribution in [0.1, 0.15) is 42.6 Å². The maximum absolute atomic E-state index is 12.5. The van der Waals surface area contributed by atoms with Crippen molar-refractivity contribution in [3.8, 4) is 0 Å². The Morgan fingerprint density at radius 1 is 1.35 bits per heavy atom. The average molecular weight is 335 g/mol. The van der Waals surface area contributed by atoms with Gasteiger partial charge in [0.25, 0.3) is 5.91 Å². The van der Waals surface area contributed by atoms with Crippen molar-refractivity contribution in [3.05, 3.63) is 16.6 Å². The Balaban J connectivity index is 1.34. The van der Waals surface area contributed by atoms with Crippen molar-refractivity contribution in [2.45, 2.75) is 37.7 Å². The molecule has 2 saturated heterocycles. The van der Waals surface area contributed by atoms with Gasteiger partial charge < -0.3 is 14.5 Å². The highest BCUT2D eigenvalue weighted by Gasteiger charge is 2.41. The zero-order chi connectivity index (χ0) is 15.7. The number of hydrogen-bond donors (Lipinski definition) is 0. The zero-order valence-corrected chi connectivity index (χ0v) is 14.4. The first kappa shape index (κ1) is 15.5. The molecule has 0 N–H and O–H groups in total. The van der Waals surface area contributed by atoms with Gasteiger partial charge in [-0.3, -0.25) is 4.79 Å². The second kappa shape index (κ2) is 6.49. The SMILES string of the molecule is O=C(c1cscn1)N1CCOC2(CCN(CC3CCC3)CC2)C1. The molecule has 3 heterocycles. The minimum atomic E-state index is -0.125. The predicted molar refractivity (Wildman–Crippen MR) is 89.7 cm³/mol. The summed E-state index contributed by atoms with van der Waals surface area (Å²) in [6.07, 6.45) is 6.32. The van der Waals surface area contributed by atoms with Crippen LogP contribution in [0.5, 0.6) is 0 Å². The van der Waals surface area contributed by atoms with E-state index in [4.69, 9.17) is 4.74 Å². The third-order valence-corrected chi connectivity index (χ3v) is 6.28. The van der Waals surface area contributed by atoms with Crippen molar-refractivity contribution >= 4 is 17.2 Å². The van der Waals surface area contributed by atoms with E-state index in [-0.39, 0.29) is 11.5 Å². The molecule has 0 bridgehead atoms. The minimum absolute atomic E-state index is 0.0609. The number of hydrogen-bond acceptors (Lipinski definition) is 5. The van der Waals surface area contributed by atoms with Crippen molar-refractivity contribution in [2.75, 3.05) is 39.3 Å². The van der Waals surface area contributed by atoms with E-state index in [0.29, 0.717) is 18.8 Å². The Morgan fingerprint density at radius 2 is 2.17 bits per heavy atom. The summed E-state index contributed by atoms with van der Waals surface area (Å²) in [4.78, 5) is 21.3. The maximum atomic E-state index is 12.5. The van der Waals surface area contributed by atoms with Gasteiger partial charge in [-0.15, -0.1) is 11.3 Å². The summed E-state index contributed by atoms with van der Waals surface area (Å²) in [6.45, 7) is 5.53. The highest BCUT2D eigenvalue weighted by Crippen LogP contribution is 2.33. The van der Waals surface area contributed by atoms with Gasteiger partial charge in [-0.25, -0.2) is 4.98 Å². The fraction of sp³-hybridized carbons (Fsp3) is 0.765. The molecule has 1 aliphatic carbocycles. The molecule has 126 valence electrons. The van der Waals surface area contributed by atoms with Gasteiger partial charge in [0.2, 0.25) is 0 Å². The van der Waals surface area contributed by atoms with E-state index < -0.39 is 0 Å². The molecule has 3 aliphatic rings. The number of rotatable bonds is 3. The molecule has 0 aromatic carbocycles. The molecular weight excluding hydrogens is 310 g/mol. The minimum Gasteiger partial charge on any atom is -0.371 e. The van der Waals surface area contributed by atoms with Crippen LogP contribution in [0.2, 0.25) is 0 Å². The summed E-state index contributed by atoms with van der Waals surface area (Å²) in [5.74, 6) is 0.991. The third-order valence-electron chi connectivity index (χ3n) is 5.70. The lowest BCUT2D eigenvalue weighted by Gasteiger charge is -2.48. The monoisotopic (exact) mass is 335 g/mol. The Labute approximate surface area is 141 Å². The van der Waals surface area contributed by atoms with E-state index >= 15 is 0 Å². The number of carbonyl (C=O) groups excluding carboxylic acids is 1. The van der Waals surface area contributed by atoms with E-state index in [0.717, 1.165) is 38.4 Å². The first-order chi connectivity index (χ1) is 11.2. The second-order valence-electron chi connectivity index (χ2n) is 7.23. The van der Waals surface area contributed by atoms with Crippen LogP contribution in [0.15, 0.2) is 10.9 Å². The van der Waals surface area contributed by atoms with Crippen LogP contribution in [-0.4, -0.2) is 65.6 Å². The molecule has 23 heavy (non-hydrogen) atoms. The van der Waals surface area contributed by atoms with Gasteiger partial charge in [0, 0.05) is 31.6 Å². The molecule has 1 aromatic heterocycles. The molecule has 0 radical (unpaired) electrons. The maximum Gasteiger partial charge on any atom is 0.273 e. The highest BCUT2D eigenvalue weighted by atomic mass is 32.1. The van der Waals surface area contributed by atoms with Gasteiger partial charge in [-0.1, -0.05) is 6.42 Å². The average Bonchev–Trinajstić information content (AvgIpc) is 3.06. The molecule has 2 aliphatic heterocycles. The normalized spacial score (nSPS) is 25.5. The van der Waals surface area contributed by atoms with Crippen LogP contribution in [0.25, 0.3) is 0 Å². The lowest BCUT2D eigenvalue weighted by atomic mass is 9.83. The van der Waals surface area contributed by atoms with E-state index in [1.807, 2.05) is 10.3 Å². The predicted octanol–water partition coefficient (Wildman–Crippen LogP) is 2.25. The van der Waals surface area contributed by atoms with E-state index in [2.05, 4.69) is 9.88 Å². The van der Waals surface area contributed by atoms with Crippen LogP contribution in [0.3, 0.4) is 0 Å². The fourth-order valence-corrected chi connectivity index (χ4v) is 4.51. The first-order valence-corrected chi connectivity index (χ1v) is 9.72. The van der Waals surface area contributed by atoms with Crippen molar-refractivity contribution < 1.29 is 9.53 Å². The number of likely N-dealkylation sites (tertiary alicyclic amines) is 1. The Morgan fingerprint density at radius 3 is 2.83 bits per heavy atom. The van der Waals surface area contributed by atoms with Gasteiger partial charge in [0.15, 0.2) is 0 Å². The number of ether oxygens (including phenoxy) is 1. The fourth-order valence-electron chi connectivity index (χ4n) is 3.98. The molecule has 0 atom stereocenters. The molecule has 5 nitrogen and oxygen atoms in total. The molecule has 1 spiro atoms. The largest absolute Gasteiger partial charge is 0.371 e. The van der Waals surface area contributed by atoms with Gasteiger partial charge in [-0.2, -0.15) is 0 Å². The Bertz CT molecular complexity index is 536. The first-order valence-electron chi connectivity index (χ1n) is 8.78.